The van der Waals surface area contributed by atoms with E-state index in [9.17, 15) is 8.42 Å². The number of nitrogens with zero attached hydrogens (tertiary/aromatic N) is 3. The van der Waals surface area contributed by atoms with Gasteiger partial charge in [0.05, 0.1) is 5.75 Å². The van der Waals surface area contributed by atoms with Crippen molar-refractivity contribution in [3.8, 4) is 0 Å². The quantitative estimate of drug-likeness (QED) is 0.693. The molecule has 5 rings (SSSR count). The molecule has 0 spiro atoms. The first-order valence-electron chi connectivity index (χ1n) is 12.2. The maximum Gasteiger partial charge on any atom is 0.218 e. The molecule has 2 aromatic rings. The van der Waals surface area contributed by atoms with Gasteiger partial charge in [0.25, 0.3) is 0 Å². The minimum Gasteiger partial charge on any atom is -0.369 e. The lowest BCUT2D eigenvalue weighted by atomic mass is 10.0. The first-order chi connectivity index (χ1) is 15.6. The molecule has 0 amide bonds. The molecule has 0 bridgehead atoms. The van der Waals surface area contributed by atoms with E-state index < -0.39 is 10.0 Å². The van der Waals surface area contributed by atoms with Gasteiger partial charge in [0, 0.05) is 51.0 Å². The predicted molar refractivity (Wildman–Crippen MR) is 131 cm³/mol. The van der Waals surface area contributed by atoms with Gasteiger partial charge in [0.2, 0.25) is 10.0 Å². The van der Waals surface area contributed by atoms with E-state index in [4.69, 9.17) is 0 Å². The Morgan fingerprint density at radius 2 is 1.47 bits per heavy atom. The van der Waals surface area contributed by atoms with Crippen molar-refractivity contribution < 1.29 is 8.42 Å². The lowest BCUT2D eigenvalue weighted by Gasteiger charge is -2.35. The monoisotopic (exact) mass is 453 g/mol. The van der Waals surface area contributed by atoms with E-state index in [1.54, 1.807) is 4.31 Å². The van der Waals surface area contributed by atoms with Crippen LogP contribution in [0.4, 0.5) is 5.69 Å². The third-order valence-corrected chi connectivity index (χ3v) is 9.41. The summed E-state index contributed by atoms with van der Waals surface area (Å²) in [6, 6.07) is 17.2. The Kier molecular flexibility index (Phi) is 6.54. The van der Waals surface area contributed by atoms with Gasteiger partial charge in [0.15, 0.2) is 0 Å². The topological polar surface area (TPSA) is 43.9 Å². The molecule has 2 aliphatic heterocycles. The van der Waals surface area contributed by atoms with Crippen molar-refractivity contribution in [1.29, 1.82) is 0 Å². The molecule has 5 nitrogen and oxygen atoms in total. The maximum absolute atomic E-state index is 12.9. The second-order valence-electron chi connectivity index (χ2n) is 9.56. The van der Waals surface area contributed by atoms with Crippen molar-refractivity contribution >= 4 is 15.7 Å². The molecule has 32 heavy (non-hydrogen) atoms. The molecule has 6 heteroatoms. The first-order valence-corrected chi connectivity index (χ1v) is 13.8. The molecule has 1 saturated heterocycles. The zero-order valence-corrected chi connectivity index (χ0v) is 19.8. The molecule has 0 aromatic heterocycles. The Hall–Kier alpha value is -1.89. The fourth-order valence-corrected chi connectivity index (χ4v) is 7.18. The van der Waals surface area contributed by atoms with E-state index >= 15 is 0 Å². The van der Waals surface area contributed by atoms with E-state index in [2.05, 4.69) is 28.0 Å². The molecule has 0 atom stereocenters. The first kappa shape index (κ1) is 21.9. The van der Waals surface area contributed by atoms with Crippen molar-refractivity contribution in [2.24, 2.45) is 0 Å². The van der Waals surface area contributed by atoms with Gasteiger partial charge in [0.1, 0.15) is 0 Å². The number of piperazine rings is 1. The molecule has 2 fully saturated rings. The van der Waals surface area contributed by atoms with Crippen LogP contribution in [-0.2, 0) is 28.6 Å². The molecule has 3 aliphatic rings. The number of fused-ring (bicyclic) bond motifs is 1. The molecule has 0 N–H and O–H groups in total. The molecular formula is C26H35N3O2S. The summed E-state index contributed by atoms with van der Waals surface area (Å²) in [6.07, 6.45) is 7.82. The van der Waals surface area contributed by atoms with Crippen LogP contribution in [0.15, 0.2) is 48.5 Å². The highest BCUT2D eigenvalue weighted by Gasteiger charge is 2.28. The van der Waals surface area contributed by atoms with E-state index in [0.717, 1.165) is 37.5 Å². The summed E-state index contributed by atoms with van der Waals surface area (Å²) in [5, 5.41) is 0. The third kappa shape index (κ3) is 4.87. The van der Waals surface area contributed by atoms with Gasteiger partial charge < -0.3 is 4.90 Å². The average Bonchev–Trinajstić information content (AvgIpc) is 3.26. The smallest absolute Gasteiger partial charge is 0.218 e. The van der Waals surface area contributed by atoms with Crippen LogP contribution in [0.3, 0.4) is 0 Å². The van der Waals surface area contributed by atoms with Crippen molar-refractivity contribution in [2.45, 2.75) is 50.3 Å². The Balaban J connectivity index is 1.20. The van der Waals surface area contributed by atoms with E-state index in [0.29, 0.717) is 13.1 Å². The summed E-state index contributed by atoms with van der Waals surface area (Å²) in [4.78, 5) is 5.08. The SMILES string of the molecule is O=S(=O)(Cc1ccccc1)N1CCN(c2ccc3c(c2)CCN(C2CCCC2)CC3)CC1. The molecule has 1 aliphatic carbocycles. The zero-order chi connectivity index (χ0) is 22.0. The molecule has 172 valence electrons. The fraction of sp³-hybridized carbons (Fsp3) is 0.538. The van der Waals surface area contributed by atoms with Gasteiger partial charge in [-0.15, -0.1) is 0 Å². The van der Waals surface area contributed by atoms with Crippen LogP contribution in [0.1, 0.15) is 42.4 Å². The molecule has 2 aromatic carbocycles. The zero-order valence-electron chi connectivity index (χ0n) is 19.0. The molecular weight excluding hydrogens is 418 g/mol. The maximum atomic E-state index is 12.9. The van der Waals surface area contributed by atoms with Crippen LogP contribution in [-0.4, -0.2) is 62.9 Å². The number of benzene rings is 2. The number of hydrogen-bond acceptors (Lipinski definition) is 4. The molecule has 0 radical (unpaired) electrons. The summed E-state index contributed by atoms with van der Waals surface area (Å²) in [7, 11) is -3.27. The summed E-state index contributed by atoms with van der Waals surface area (Å²) in [5.74, 6) is 0.0875. The van der Waals surface area contributed by atoms with E-state index in [1.807, 2.05) is 30.3 Å². The van der Waals surface area contributed by atoms with Crippen LogP contribution >= 0.6 is 0 Å². The van der Waals surface area contributed by atoms with E-state index in [-0.39, 0.29) is 5.75 Å². The number of sulfonamides is 1. The van der Waals surface area contributed by atoms with Gasteiger partial charge in [-0.05, 0) is 54.5 Å². The van der Waals surface area contributed by atoms with Crippen molar-refractivity contribution in [1.82, 2.24) is 9.21 Å². The van der Waals surface area contributed by atoms with Crippen LogP contribution in [0.5, 0.6) is 0 Å². The standard InChI is InChI=1S/C26H35N3O2S/c30-32(31,21-22-6-2-1-3-7-22)29-18-16-28(17-19-29)26-11-10-23-12-14-27(15-13-24(23)20-26)25-8-4-5-9-25/h1-3,6-7,10-11,20,25H,4-5,8-9,12-19,21H2. The van der Waals surface area contributed by atoms with Crippen LogP contribution < -0.4 is 4.90 Å². The largest absolute Gasteiger partial charge is 0.369 e. The molecule has 2 heterocycles. The van der Waals surface area contributed by atoms with Gasteiger partial charge in [-0.1, -0.05) is 49.2 Å². The normalized spacial score (nSPS) is 21.4. The Morgan fingerprint density at radius 1 is 0.781 bits per heavy atom. The van der Waals surface area contributed by atoms with Crippen LogP contribution in [0.2, 0.25) is 0 Å². The van der Waals surface area contributed by atoms with Gasteiger partial charge in [-0.3, -0.25) is 4.90 Å². The van der Waals surface area contributed by atoms with Gasteiger partial charge in [-0.2, -0.15) is 4.31 Å². The summed E-state index contributed by atoms with van der Waals surface area (Å²) in [6.45, 7) is 4.98. The van der Waals surface area contributed by atoms with Crippen molar-refractivity contribution in [3.63, 3.8) is 0 Å². The lowest BCUT2D eigenvalue weighted by Crippen LogP contribution is -2.49. The highest BCUT2D eigenvalue weighted by atomic mass is 32.2. The Morgan fingerprint density at radius 3 is 2.19 bits per heavy atom. The van der Waals surface area contributed by atoms with Crippen LogP contribution in [0, 0.1) is 0 Å². The predicted octanol–water partition coefficient (Wildman–Crippen LogP) is 3.68. The van der Waals surface area contributed by atoms with Gasteiger partial charge >= 0.3 is 0 Å². The van der Waals surface area contributed by atoms with Crippen molar-refractivity contribution in [3.05, 3.63) is 65.2 Å². The minimum absolute atomic E-state index is 0.0875. The van der Waals surface area contributed by atoms with E-state index in [1.165, 1.54) is 55.6 Å². The minimum atomic E-state index is -3.27. The van der Waals surface area contributed by atoms with Crippen molar-refractivity contribution in [2.75, 3.05) is 44.2 Å². The second kappa shape index (κ2) is 9.54. The van der Waals surface area contributed by atoms with Crippen LogP contribution in [0.25, 0.3) is 0 Å². The molecule has 0 unspecified atom stereocenters. The highest BCUT2D eigenvalue weighted by molar-refractivity contribution is 7.88. The molecule has 1 saturated carbocycles. The number of anilines is 1. The Bertz CT molecular complexity index is 1010. The third-order valence-electron chi connectivity index (χ3n) is 7.56. The summed E-state index contributed by atoms with van der Waals surface area (Å²) in [5.41, 5.74) is 5.09. The number of rotatable bonds is 5. The highest BCUT2D eigenvalue weighted by Crippen LogP contribution is 2.28. The lowest BCUT2D eigenvalue weighted by molar-refractivity contribution is 0.208. The second-order valence-corrected chi connectivity index (χ2v) is 11.5. The summed E-state index contributed by atoms with van der Waals surface area (Å²) >= 11 is 0. The van der Waals surface area contributed by atoms with Gasteiger partial charge in [-0.25, -0.2) is 8.42 Å². The summed E-state index contributed by atoms with van der Waals surface area (Å²) < 4.78 is 27.4. The number of hydrogen-bond donors (Lipinski definition) is 0. The average molecular weight is 454 g/mol. The Labute approximate surface area is 193 Å². The fourth-order valence-electron chi connectivity index (χ4n) is 5.66.